The van der Waals surface area contributed by atoms with E-state index in [9.17, 15) is 14.4 Å². The third kappa shape index (κ3) is 7.88. The molecule has 1 saturated heterocycles. The average Bonchev–Trinajstić information content (AvgIpc) is 2.84. The van der Waals surface area contributed by atoms with Crippen LogP contribution in [0.15, 0.2) is 36.2 Å². The van der Waals surface area contributed by atoms with Gasteiger partial charge >= 0.3 is 0 Å². The largest absolute Gasteiger partial charge is 0.343 e. The van der Waals surface area contributed by atoms with Crippen molar-refractivity contribution in [3.8, 4) is 0 Å². The molecule has 0 spiro atoms. The number of nitrogens with one attached hydrogen (secondary N) is 2. The van der Waals surface area contributed by atoms with Crippen molar-refractivity contribution in [2.24, 2.45) is 11.8 Å². The quantitative estimate of drug-likeness (QED) is 0.477. The highest BCUT2D eigenvalue weighted by Crippen LogP contribution is 2.21. The Kier molecular flexibility index (Phi) is 11.1. The number of nitrogens with zero attached hydrogens (tertiary/aromatic N) is 3. The first-order chi connectivity index (χ1) is 16.9. The minimum Gasteiger partial charge on any atom is -0.343 e. The number of likely N-dealkylation sites (tertiary alicyclic amines) is 1. The number of likely N-dealkylation sites (N-methyl/N-ethyl adjacent to an activating group) is 1. The Labute approximate surface area is 216 Å². The molecule has 0 saturated carbocycles. The second-order valence-electron chi connectivity index (χ2n) is 10.8. The zero-order valence-corrected chi connectivity index (χ0v) is 23.2. The molecule has 0 unspecified atom stereocenters. The Balaban J connectivity index is 2.17. The smallest absolute Gasteiger partial charge is 0.251 e. The first-order valence-corrected chi connectivity index (χ1v) is 13.2. The molecular weight excluding hydrogens is 454 g/mol. The molecule has 2 N–H and O–H groups in total. The molecule has 0 aromatic carbocycles. The van der Waals surface area contributed by atoms with Crippen LogP contribution in [0.4, 0.5) is 5.69 Å². The van der Waals surface area contributed by atoms with Gasteiger partial charge in [-0.2, -0.15) is 0 Å². The van der Waals surface area contributed by atoms with E-state index in [1.165, 1.54) is 0 Å². The summed E-state index contributed by atoms with van der Waals surface area (Å²) in [5, 5.41) is 5.93. The molecule has 200 valence electrons. The van der Waals surface area contributed by atoms with E-state index < -0.39 is 6.04 Å². The van der Waals surface area contributed by atoms with Gasteiger partial charge in [0.05, 0.1) is 12.1 Å². The topological polar surface area (TPSA) is 94.6 Å². The number of rotatable bonds is 10. The van der Waals surface area contributed by atoms with Crippen molar-refractivity contribution in [1.82, 2.24) is 20.1 Å². The van der Waals surface area contributed by atoms with Crippen molar-refractivity contribution in [3.05, 3.63) is 36.2 Å². The fourth-order valence-electron chi connectivity index (χ4n) is 4.73. The molecule has 0 bridgehead atoms. The molecular formula is C28H45N5O3. The first-order valence-electron chi connectivity index (χ1n) is 13.2. The van der Waals surface area contributed by atoms with E-state index in [2.05, 4.69) is 34.4 Å². The van der Waals surface area contributed by atoms with Crippen LogP contribution in [-0.2, 0) is 14.4 Å². The van der Waals surface area contributed by atoms with Crippen LogP contribution in [0.2, 0.25) is 0 Å². The minimum absolute atomic E-state index is 0.0703. The number of amides is 3. The normalized spacial score (nSPS) is 18.8. The van der Waals surface area contributed by atoms with E-state index in [1.54, 1.807) is 43.4 Å². The number of hydrogen-bond acceptors (Lipinski definition) is 5. The highest BCUT2D eigenvalue weighted by atomic mass is 16.2. The van der Waals surface area contributed by atoms with Crippen LogP contribution in [0.25, 0.3) is 0 Å². The maximum atomic E-state index is 13.7. The highest BCUT2D eigenvalue weighted by Gasteiger charge is 2.36. The van der Waals surface area contributed by atoms with E-state index in [0.717, 1.165) is 25.8 Å². The van der Waals surface area contributed by atoms with Crippen LogP contribution in [0.3, 0.4) is 0 Å². The highest BCUT2D eigenvalue weighted by molar-refractivity contribution is 6.03. The molecule has 1 aliphatic rings. The van der Waals surface area contributed by atoms with Crippen LogP contribution in [-0.4, -0.2) is 70.3 Å². The first kappa shape index (κ1) is 29.5. The summed E-state index contributed by atoms with van der Waals surface area (Å²) in [6.07, 6.45) is 7.98. The SMILES string of the molecule is C/C(=C\[C@H](C(C)C)N(C)C(=O)[C@@H](NC(=O)[C@H]1CCCCN1C(C)C)C(C)C)C(=O)Nc1ccncc1. The molecule has 1 aromatic rings. The maximum absolute atomic E-state index is 13.7. The van der Waals surface area contributed by atoms with E-state index in [1.807, 2.05) is 33.8 Å². The van der Waals surface area contributed by atoms with Gasteiger partial charge in [-0.15, -0.1) is 0 Å². The summed E-state index contributed by atoms with van der Waals surface area (Å²) in [4.78, 5) is 47.6. The fraction of sp³-hybridized carbons (Fsp3) is 0.643. The minimum atomic E-state index is -0.640. The summed E-state index contributed by atoms with van der Waals surface area (Å²) in [7, 11) is 1.75. The molecule has 0 aliphatic carbocycles. The Bertz CT molecular complexity index is 913. The van der Waals surface area contributed by atoms with Gasteiger partial charge in [0.15, 0.2) is 0 Å². The van der Waals surface area contributed by atoms with Gasteiger partial charge in [0.25, 0.3) is 5.91 Å². The van der Waals surface area contributed by atoms with Crippen LogP contribution >= 0.6 is 0 Å². The van der Waals surface area contributed by atoms with Gasteiger partial charge in [0.2, 0.25) is 11.8 Å². The molecule has 1 aromatic heterocycles. The van der Waals surface area contributed by atoms with Crippen LogP contribution in [0.5, 0.6) is 0 Å². The molecule has 8 heteroatoms. The third-order valence-corrected chi connectivity index (χ3v) is 6.94. The van der Waals surface area contributed by atoms with Gasteiger partial charge in [-0.25, -0.2) is 0 Å². The Morgan fingerprint density at radius 1 is 1.06 bits per heavy atom. The van der Waals surface area contributed by atoms with Crippen molar-refractivity contribution in [2.45, 2.75) is 91.9 Å². The zero-order valence-electron chi connectivity index (χ0n) is 23.2. The second kappa shape index (κ2) is 13.5. The number of carbonyl (C=O) groups excluding carboxylic acids is 3. The molecule has 2 heterocycles. The van der Waals surface area contributed by atoms with Gasteiger partial charge in [-0.3, -0.25) is 24.3 Å². The van der Waals surface area contributed by atoms with Crippen molar-refractivity contribution in [1.29, 1.82) is 0 Å². The summed E-state index contributed by atoms with van der Waals surface area (Å²) in [5.74, 6) is -0.461. The van der Waals surface area contributed by atoms with Gasteiger partial charge in [-0.1, -0.05) is 40.2 Å². The van der Waals surface area contributed by atoms with Gasteiger partial charge in [0.1, 0.15) is 6.04 Å². The number of carbonyl (C=O) groups is 3. The van der Waals surface area contributed by atoms with Crippen LogP contribution < -0.4 is 10.6 Å². The van der Waals surface area contributed by atoms with Crippen LogP contribution in [0.1, 0.15) is 67.7 Å². The fourth-order valence-corrected chi connectivity index (χ4v) is 4.73. The third-order valence-electron chi connectivity index (χ3n) is 6.94. The molecule has 1 aliphatic heterocycles. The average molecular weight is 500 g/mol. The van der Waals surface area contributed by atoms with Gasteiger partial charge in [0, 0.05) is 36.7 Å². The molecule has 1 fully saturated rings. The van der Waals surface area contributed by atoms with E-state index >= 15 is 0 Å². The number of piperidine rings is 1. The summed E-state index contributed by atoms with van der Waals surface area (Å²) in [6.45, 7) is 14.8. The molecule has 36 heavy (non-hydrogen) atoms. The monoisotopic (exact) mass is 499 g/mol. The lowest BCUT2D eigenvalue weighted by Gasteiger charge is -2.39. The Hall–Kier alpha value is -2.74. The zero-order chi connectivity index (χ0) is 27.0. The number of anilines is 1. The summed E-state index contributed by atoms with van der Waals surface area (Å²) < 4.78 is 0. The molecule has 3 amide bonds. The molecule has 3 atom stereocenters. The van der Waals surface area contributed by atoms with E-state index in [4.69, 9.17) is 0 Å². The molecule has 2 rings (SSSR count). The maximum Gasteiger partial charge on any atom is 0.251 e. The molecule has 0 radical (unpaired) electrons. The number of aromatic nitrogens is 1. The van der Waals surface area contributed by atoms with Gasteiger partial charge < -0.3 is 15.5 Å². The standard InChI is InChI=1S/C28H45N5O3/c1-18(2)24(17-21(7)26(34)30-22-12-14-29-15-13-22)32(8)28(36)25(19(3)4)31-27(35)23-11-9-10-16-33(23)20(5)6/h12-15,17-20,23-25H,9-11,16H2,1-8H3,(H,31,35)(H,29,30,34)/b21-17+/t23-,24-,25+/m1/s1. The van der Waals surface area contributed by atoms with E-state index in [-0.39, 0.29) is 47.7 Å². The lowest BCUT2D eigenvalue weighted by atomic mass is 9.95. The summed E-state index contributed by atoms with van der Waals surface area (Å²) in [6, 6.07) is 2.57. The van der Waals surface area contributed by atoms with Gasteiger partial charge in [-0.05, 0) is 64.1 Å². The Morgan fingerprint density at radius 2 is 1.69 bits per heavy atom. The second-order valence-corrected chi connectivity index (χ2v) is 10.8. The summed E-state index contributed by atoms with van der Waals surface area (Å²) >= 11 is 0. The predicted molar refractivity (Wildman–Crippen MR) is 144 cm³/mol. The van der Waals surface area contributed by atoms with Crippen molar-refractivity contribution >= 4 is 23.4 Å². The summed E-state index contributed by atoms with van der Waals surface area (Å²) in [5.41, 5.74) is 1.18. The van der Waals surface area contributed by atoms with Crippen molar-refractivity contribution < 1.29 is 14.4 Å². The predicted octanol–water partition coefficient (Wildman–Crippen LogP) is 3.85. The number of pyridine rings is 1. The van der Waals surface area contributed by atoms with Crippen molar-refractivity contribution in [2.75, 3.05) is 18.9 Å². The van der Waals surface area contributed by atoms with Crippen LogP contribution in [0, 0.1) is 11.8 Å². The number of hydrogen-bond donors (Lipinski definition) is 2. The lowest BCUT2D eigenvalue weighted by molar-refractivity contribution is -0.140. The van der Waals surface area contributed by atoms with Crippen molar-refractivity contribution in [3.63, 3.8) is 0 Å². The Morgan fingerprint density at radius 3 is 2.25 bits per heavy atom. The van der Waals surface area contributed by atoms with E-state index in [0.29, 0.717) is 11.3 Å². The lowest BCUT2D eigenvalue weighted by Crippen LogP contribution is -2.58. The molecule has 8 nitrogen and oxygen atoms in total.